The van der Waals surface area contributed by atoms with Crippen molar-refractivity contribution < 1.29 is 8.83 Å². The lowest BCUT2D eigenvalue weighted by Crippen LogP contribution is -2.26. The number of benzene rings is 9. The third kappa shape index (κ3) is 5.52. The molecular weight excluding hydrogens is 759 g/mol. The Labute approximate surface area is 355 Å². The van der Waals surface area contributed by atoms with Crippen molar-refractivity contribution in [2.24, 2.45) is 0 Å². The molecule has 13 rings (SSSR count). The predicted octanol–water partition coefficient (Wildman–Crippen LogP) is 13.4. The zero-order valence-corrected chi connectivity index (χ0v) is 33.5. The van der Waals surface area contributed by atoms with Crippen LogP contribution in [-0.4, -0.2) is 15.0 Å². The van der Waals surface area contributed by atoms with Crippen LogP contribution in [0.5, 0.6) is 0 Å². The van der Waals surface area contributed by atoms with Gasteiger partial charge >= 0.3 is 0 Å². The Balaban J connectivity index is 0.951. The summed E-state index contributed by atoms with van der Waals surface area (Å²) >= 11 is 0. The van der Waals surface area contributed by atoms with Gasteiger partial charge in [0, 0.05) is 38.1 Å². The van der Waals surface area contributed by atoms with Crippen LogP contribution in [0.1, 0.15) is 18.4 Å². The molecule has 0 unspecified atom stereocenters. The van der Waals surface area contributed by atoms with E-state index in [2.05, 4.69) is 133 Å². The molecule has 9 aromatic carbocycles. The number of aromatic nitrogens is 3. The average molecular weight is 794 g/mol. The van der Waals surface area contributed by atoms with Crippen LogP contribution in [0.15, 0.2) is 191 Å². The first-order valence-electron chi connectivity index (χ1n) is 21.1. The maximum Gasteiger partial charge on any atom is 0.164 e. The molecule has 3 heterocycles. The summed E-state index contributed by atoms with van der Waals surface area (Å²) in [5.74, 6) is 1.82. The van der Waals surface area contributed by atoms with Gasteiger partial charge in [0.1, 0.15) is 22.2 Å². The van der Waals surface area contributed by atoms with Crippen molar-refractivity contribution in [1.82, 2.24) is 15.0 Å². The fourth-order valence-corrected chi connectivity index (χ4v) is 9.66. The quantitative estimate of drug-likeness (QED) is 0.162. The van der Waals surface area contributed by atoms with Crippen molar-refractivity contribution in [2.45, 2.75) is 12.8 Å². The van der Waals surface area contributed by atoms with Crippen LogP contribution < -0.4 is 10.6 Å². The summed E-state index contributed by atoms with van der Waals surface area (Å²) in [6.45, 7) is 0. The Hall–Kier alpha value is -8.15. The highest BCUT2D eigenvalue weighted by Gasteiger charge is 2.19. The first kappa shape index (κ1) is 34.7. The van der Waals surface area contributed by atoms with Crippen molar-refractivity contribution in [3.63, 3.8) is 0 Å². The van der Waals surface area contributed by atoms with Gasteiger partial charge in [0.2, 0.25) is 0 Å². The van der Waals surface area contributed by atoms with Gasteiger partial charge in [0.15, 0.2) is 17.5 Å². The van der Waals surface area contributed by atoms with Crippen LogP contribution in [0.3, 0.4) is 0 Å². The molecule has 0 spiro atoms. The number of hydrogen-bond donors (Lipinski definition) is 0. The fourth-order valence-electron chi connectivity index (χ4n) is 9.66. The molecule has 0 bridgehead atoms. The van der Waals surface area contributed by atoms with E-state index in [4.69, 9.17) is 23.8 Å². The molecule has 0 radical (unpaired) electrons. The van der Waals surface area contributed by atoms with Gasteiger partial charge in [-0.2, -0.15) is 0 Å². The molecular formula is C57H35N3O2. The predicted molar refractivity (Wildman–Crippen MR) is 253 cm³/mol. The second kappa shape index (κ2) is 13.7. The van der Waals surface area contributed by atoms with E-state index in [9.17, 15) is 0 Å². The zero-order valence-electron chi connectivity index (χ0n) is 33.5. The van der Waals surface area contributed by atoms with Gasteiger partial charge in [-0.1, -0.05) is 140 Å². The molecule has 0 fully saturated rings. The molecule has 1 aliphatic carbocycles. The first-order valence-corrected chi connectivity index (χ1v) is 21.1. The summed E-state index contributed by atoms with van der Waals surface area (Å²) in [6, 6.07) is 64.1. The molecule has 290 valence electrons. The van der Waals surface area contributed by atoms with E-state index < -0.39 is 0 Å². The van der Waals surface area contributed by atoms with Crippen molar-refractivity contribution in [3.05, 3.63) is 198 Å². The number of furan rings is 2. The maximum atomic E-state index is 6.59. The Bertz CT molecular complexity index is 3900. The lowest BCUT2D eigenvalue weighted by Gasteiger charge is -2.13. The van der Waals surface area contributed by atoms with Gasteiger partial charge in [-0.15, -0.1) is 0 Å². The smallest absolute Gasteiger partial charge is 0.164 e. The minimum atomic E-state index is 0.590. The summed E-state index contributed by atoms with van der Waals surface area (Å²) in [5, 5.41) is 12.1. The average Bonchev–Trinajstić information content (AvgIpc) is 3.92. The standard InChI is InChI=1S/C57H35N3O2/c1-2-12-34(13-3-1)55-58-56(60-57(59-55)39-25-28-47-46-20-8-9-22-50(46)62-53(47)33-39)38-15-10-14-37(30-38)40-21-11-23-52-54(40)49-32-36(26-29-51(49)61-52)35-24-27-45-43-18-5-4-16-41(43)42-17-6-7-19-44(42)48(45)31-35/h1-10,12-20,22-33H,11,21H2. The van der Waals surface area contributed by atoms with E-state index >= 15 is 0 Å². The largest absolute Gasteiger partial charge is 0.456 e. The van der Waals surface area contributed by atoms with Crippen molar-refractivity contribution in [1.29, 1.82) is 0 Å². The fraction of sp³-hybridized carbons (Fsp3) is 0.0351. The number of rotatable bonds is 5. The maximum absolute atomic E-state index is 6.59. The topological polar surface area (TPSA) is 65.0 Å². The van der Waals surface area contributed by atoms with Crippen LogP contribution in [-0.2, 0) is 0 Å². The van der Waals surface area contributed by atoms with Crippen LogP contribution in [0.25, 0.3) is 122 Å². The molecule has 0 amide bonds. The Morgan fingerprint density at radius 2 is 0.839 bits per heavy atom. The summed E-state index contributed by atoms with van der Waals surface area (Å²) in [7, 11) is 0. The van der Waals surface area contributed by atoms with E-state index in [0.29, 0.717) is 17.5 Å². The van der Waals surface area contributed by atoms with Crippen LogP contribution >= 0.6 is 0 Å². The number of para-hydroxylation sites is 1. The van der Waals surface area contributed by atoms with Crippen LogP contribution in [0, 0.1) is 0 Å². The van der Waals surface area contributed by atoms with Gasteiger partial charge in [-0.3, -0.25) is 0 Å². The SMILES string of the molecule is C1=c2oc3ccc(-c4ccc5c6ccccc6c6ccccc6c5c4)cc3c2=C(c2cccc(-c3nc(-c4ccccc4)nc(-c4ccc5c(c4)oc4ccccc45)n3)c2)CC1. The lowest BCUT2D eigenvalue weighted by atomic mass is 9.91. The second-order valence-corrected chi connectivity index (χ2v) is 16.2. The van der Waals surface area contributed by atoms with Crippen molar-refractivity contribution in [3.8, 4) is 45.3 Å². The summed E-state index contributed by atoms with van der Waals surface area (Å²) in [6.07, 6.45) is 4.02. The second-order valence-electron chi connectivity index (χ2n) is 16.2. The molecule has 5 nitrogen and oxygen atoms in total. The monoisotopic (exact) mass is 793 g/mol. The van der Waals surface area contributed by atoms with Crippen LogP contribution in [0.4, 0.5) is 0 Å². The first-order chi connectivity index (χ1) is 30.7. The Morgan fingerprint density at radius 1 is 0.323 bits per heavy atom. The minimum Gasteiger partial charge on any atom is -0.456 e. The summed E-state index contributed by atoms with van der Waals surface area (Å²) < 4.78 is 12.9. The molecule has 62 heavy (non-hydrogen) atoms. The van der Waals surface area contributed by atoms with Gasteiger partial charge < -0.3 is 8.83 Å². The van der Waals surface area contributed by atoms with Crippen LogP contribution in [0.2, 0.25) is 0 Å². The Kier molecular flexibility index (Phi) is 7.66. The van der Waals surface area contributed by atoms with E-state index in [-0.39, 0.29) is 0 Å². The van der Waals surface area contributed by atoms with E-state index in [1.807, 2.05) is 54.6 Å². The molecule has 0 atom stereocenters. The van der Waals surface area contributed by atoms with E-state index in [0.717, 1.165) is 84.2 Å². The highest BCUT2D eigenvalue weighted by Crippen LogP contribution is 2.38. The minimum absolute atomic E-state index is 0.590. The zero-order chi connectivity index (χ0) is 40.7. The highest BCUT2D eigenvalue weighted by atomic mass is 16.3. The molecule has 0 N–H and O–H groups in total. The van der Waals surface area contributed by atoms with Gasteiger partial charge in [0.05, 0.1) is 0 Å². The van der Waals surface area contributed by atoms with Crippen molar-refractivity contribution in [2.75, 3.05) is 0 Å². The summed E-state index contributed by atoms with van der Waals surface area (Å²) in [4.78, 5) is 15.2. The third-order valence-electron chi connectivity index (χ3n) is 12.6. The number of fused-ring (bicyclic) bond motifs is 12. The molecule has 0 aliphatic heterocycles. The molecule has 0 saturated heterocycles. The molecule has 3 aromatic heterocycles. The van der Waals surface area contributed by atoms with Crippen molar-refractivity contribution >= 4 is 76.9 Å². The third-order valence-corrected chi connectivity index (χ3v) is 12.6. The number of nitrogens with zero attached hydrogens (tertiary/aromatic N) is 3. The molecule has 1 aliphatic rings. The Morgan fingerprint density at radius 3 is 1.60 bits per heavy atom. The van der Waals surface area contributed by atoms with E-state index in [1.165, 1.54) is 43.5 Å². The molecule has 12 aromatic rings. The summed E-state index contributed by atoms with van der Waals surface area (Å²) in [5.41, 5.74) is 10.9. The van der Waals surface area contributed by atoms with E-state index in [1.54, 1.807) is 0 Å². The van der Waals surface area contributed by atoms with Gasteiger partial charge in [-0.25, -0.2) is 15.0 Å². The van der Waals surface area contributed by atoms with Gasteiger partial charge in [0.25, 0.3) is 0 Å². The number of hydrogen-bond acceptors (Lipinski definition) is 5. The lowest BCUT2D eigenvalue weighted by molar-refractivity contribution is 0.571. The molecule has 5 heteroatoms. The normalized spacial score (nSPS) is 12.8. The van der Waals surface area contributed by atoms with Gasteiger partial charge in [-0.05, 0) is 116 Å². The highest BCUT2D eigenvalue weighted by molar-refractivity contribution is 6.25. The molecule has 0 saturated carbocycles.